The average molecular weight is 405 g/mol. The highest BCUT2D eigenvalue weighted by Crippen LogP contribution is 2.55. The molecule has 0 aliphatic heterocycles. The third-order valence-corrected chi connectivity index (χ3v) is 6.42. The van der Waals surface area contributed by atoms with Crippen molar-refractivity contribution in [2.75, 3.05) is 0 Å². The lowest BCUT2D eigenvalue weighted by Crippen LogP contribution is -2.46. The number of ether oxygens (including phenoxy) is 2. The third kappa shape index (κ3) is 5.80. The molecule has 0 N–H and O–H groups in total. The van der Waals surface area contributed by atoms with E-state index in [1.54, 1.807) is 0 Å². The number of hydrogen-bond acceptors (Lipinski definition) is 5. The van der Waals surface area contributed by atoms with Gasteiger partial charge in [0.05, 0.1) is 0 Å². The molecule has 2 aliphatic carbocycles. The van der Waals surface area contributed by atoms with Crippen LogP contribution in [0.4, 0.5) is 0 Å². The summed E-state index contributed by atoms with van der Waals surface area (Å²) in [6.45, 7) is 12.9. The molecule has 5 nitrogen and oxygen atoms in total. The monoisotopic (exact) mass is 404 g/mol. The second-order valence-electron chi connectivity index (χ2n) is 9.72. The Morgan fingerprint density at radius 1 is 1.21 bits per heavy atom. The summed E-state index contributed by atoms with van der Waals surface area (Å²) in [6, 6.07) is 0. The summed E-state index contributed by atoms with van der Waals surface area (Å²) < 4.78 is 11.5. The minimum Gasteiger partial charge on any atom is -0.460 e. The zero-order valence-corrected chi connectivity index (χ0v) is 18.9. The van der Waals surface area contributed by atoms with Crippen molar-refractivity contribution in [2.24, 2.45) is 23.2 Å². The fraction of sp³-hybridized carbons (Fsp3) is 0.708. The van der Waals surface area contributed by atoms with Crippen LogP contribution in [0, 0.1) is 23.2 Å². The van der Waals surface area contributed by atoms with E-state index in [1.165, 1.54) is 13.8 Å². The van der Waals surface area contributed by atoms with Gasteiger partial charge in [-0.2, -0.15) is 0 Å². The number of allylic oxidation sites excluding steroid dienone is 3. The second-order valence-corrected chi connectivity index (χ2v) is 9.72. The van der Waals surface area contributed by atoms with Crippen LogP contribution in [0.3, 0.4) is 0 Å². The summed E-state index contributed by atoms with van der Waals surface area (Å²) >= 11 is 0. The molecule has 0 heterocycles. The zero-order valence-electron chi connectivity index (χ0n) is 18.9. The predicted molar refractivity (Wildman–Crippen MR) is 112 cm³/mol. The molecule has 5 atom stereocenters. The number of hydrogen-bond donors (Lipinski definition) is 0. The van der Waals surface area contributed by atoms with Crippen LogP contribution < -0.4 is 0 Å². The molecule has 0 unspecified atom stereocenters. The van der Waals surface area contributed by atoms with Gasteiger partial charge in [-0.15, -0.1) is 0 Å². The van der Waals surface area contributed by atoms with Gasteiger partial charge >= 0.3 is 11.9 Å². The normalized spacial score (nSPS) is 36.2. The lowest BCUT2D eigenvalue weighted by atomic mass is 9.69. The molecule has 0 aromatic carbocycles. The molecule has 162 valence electrons. The first-order chi connectivity index (χ1) is 13.3. The number of carbonyl (C=O) groups is 3. The van der Waals surface area contributed by atoms with Gasteiger partial charge in [0.1, 0.15) is 17.5 Å². The maximum Gasteiger partial charge on any atom is 0.303 e. The molecule has 0 aromatic rings. The maximum absolute atomic E-state index is 12.4. The number of rotatable bonds is 3. The summed E-state index contributed by atoms with van der Waals surface area (Å²) in [5, 5.41) is 0. The first kappa shape index (κ1) is 23.4. The lowest BCUT2D eigenvalue weighted by molar-refractivity contribution is -0.166. The Hall–Kier alpha value is -1.91. The molecule has 2 rings (SSSR count). The van der Waals surface area contributed by atoms with Crippen LogP contribution in [-0.4, -0.2) is 29.4 Å². The molecule has 0 saturated heterocycles. The molecule has 0 aromatic heterocycles. The maximum atomic E-state index is 12.4. The van der Waals surface area contributed by atoms with Gasteiger partial charge in [-0.05, 0) is 51.0 Å². The van der Waals surface area contributed by atoms with Crippen LogP contribution in [0.2, 0.25) is 0 Å². The van der Waals surface area contributed by atoms with E-state index in [2.05, 4.69) is 26.0 Å². The van der Waals surface area contributed by atoms with Crippen molar-refractivity contribution in [1.29, 1.82) is 0 Å². The van der Waals surface area contributed by atoms with Crippen LogP contribution in [0.1, 0.15) is 74.1 Å². The van der Waals surface area contributed by atoms with Crippen molar-refractivity contribution in [3.63, 3.8) is 0 Å². The van der Waals surface area contributed by atoms with E-state index in [4.69, 9.17) is 9.47 Å². The highest BCUT2D eigenvalue weighted by atomic mass is 16.6. The smallest absolute Gasteiger partial charge is 0.303 e. The number of esters is 2. The Morgan fingerprint density at radius 3 is 2.45 bits per heavy atom. The van der Waals surface area contributed by atoms with Gasteiger partial charge < -0.3 is 9.47 Å². The molecule has 0 radical (unpaired) electrons. The number of fused-ring (bicyclic) bond motifs is 1. The highest BCUT2D eigenvalue weighted by molar-refractivity contribution is 5.81. The van der Waals surface area contributed by atoms with Crippen molar-refractivity contribution in [3.05, 3.63) is 23.8 Å². The van der Waals surface area contributed by atoms with Crippen molar-refractivity contribution in [3.8, 4) is 0 Å². The van der Waals surface area contributed by atoms with Crippen molar-refractivity contribution >= 4 is 17.7 Å². The molecule has 1 fully saturated rings. The molecule has 0 bridgehead atoms. The van der Waals surface area contributed by atoms with Crippen LogP contribution >= 0.6 is 0 Å². The lowest BCUT2D eigenvalue weighted by Gasteiger charge is -2.42. The van der Waals surface area contributed by atoms with Crippen LogP contribution in [0.5, 0.6) is 0 Å². The Labute approximate surface area is 174 Å². The summed E-state index contributed by atoms with van der Waals surface area (Å²) in [5.41, 5.74) is -0.0153. The summed E-state index contributed by atoms with van der Waals surface area (Å²) in [6.07, 6.45) is 8.40. The first-order valence-electron chi connectivity index (χ1n) is 10.6. The summed E-state index contributed by atoms with van der Waals surface area (Å²) in [5.74, 6) is -0.375. The summed E-state index contributed by atoms with van der Waals surface area (Å²) in [4.78, 5) is 36.1. The third-order valence-electron chi connectivity index (χ3n) is 6.42. The minimum absolute atomic E-state index is 0.0150. The topological polar surface area (TPSA) is 69.7 Å². The van der Waals surface area contributed by atoms with E-state index in [1.807, 2.05) is 26.8 Å². The average Bonchev–Trinajstić information content (AvgIpc) is 2.88. The van der Waals surface area contributed by atoms with Crippen molar-refractivity contribution < 1.29 is 23.9 Å². The highest BCUT2D eigenvalue weighted by Gasteiger charge is 2.54. The SMILES string of the molecule is CC(=O)O[C@H]1/C=C(/C)CC(=O)C[C@@H](C)/C=C/[C@@]2(C)CC[C@@H](C(C)(C)OC(C)=O)[C@H]12. The Bertz CT molecular complexity index is 717. The second kappa shape index (κ2) is 8.85. The Balaban J connectivity index is 2.59. The standard InChI is InChI=1S/C24H36O5/c1-15-8-10-24(7)11-9-20(23(5,6)29-18(4)26)22(24)21(28-17(3)25)14-16(2)13-19(27)12-15/h8,10,14-15,20-22H,9,11-13H2,1-7H3/b10-8+,16-14-/t15-,20+,21-,22+,24-/m0/s1. The molecule has 1 saturated carbocycles. The fourth-order valence-electron chi connectivity index (χ4n) is 5.23. The van der Waals surface area contributed by atoms with Gasteiger partial charge in [0.2, 0.25) is 0 Å². The van der Waals surface area contributed by atoms with E-state index in [0.717, 1.165) is 18.4 Å². The van der Waals surface area contributed by atoms with Crippen molar-refractivity contribution in [2.45, 2.75) is 85.9 Å². The van der Waals surface area contributed by atoms with E-state index >= 15 is 0 Å². The zero-order chi connectivity index (χ0) is 22.0. The largest absolute Gasteiger partial charge is 0.460 e. The van der Waals surface area contributed by atoms with Crippen LogP contribution in [0.15, 0.2) is 23.8 Å². The molecular formula is C24H36O5. The van der Waals surface area contributed by atoms with Gasteiger partial charge in [-0.1, -0.05) is 31.6 Å². The Kier molecular flexibility index (Phi) is 7.13. The number of Topliss-reactive ketones (excluding diaryl/α,β-unsaturated/α-hetero) is 1. The van der Waals surface area contributed by atoms with E-state index in [-0.39, 0.29) is 40.9 Å². The molecule has 5 heteroatoms. The van der Waals surface area contributed by atoms with Gasteiger partial charge in [0.25, 0.3) is 0 Å². The molecule has 0 spiro atoms. The number of carbonyl (C=O) groups excluding carboxylic acids is 3. The number of ketones is 1. The van der Waals surface area contributed by atoms with Crippen LogP contribution in [-0.2, 0) is 23.9 Å². The fourth-order valence-corrected chi connectivity index (χ4v) is 5.23. The minimum atomic E-state index is -0.691. The molecule has 29 heavy (non-hydrogen) atoms. The van der Waals surface area contributed by atoms with Gasteiger partial charge in [0.15, 0.2) is 0 Å². The molecule has 0 amide bonds. The summed E-state index contributed by atoms with van der Waals surface area (Å²) in [7, 11) is 0. The van der Waals surface area contributed by atoms with E-state index < -0.39 is 11.7 Å². The quantitative estimate of drug-likeness (QED) is 0.499. The van der Waals surface area contributed by atoms with Crippen molar-refractivity contribution in [1.82, 2.24) is 0 Å². The van der Waals surface area contributed by atoms with Gasteiger partial charge in [-0.3, -0.25) is 14.4 Å². The molecular weight excluding hydrogens is 368 g/mol. The van der Waals surface area contributed by atoms with Gasteiger partial charge in [-0.25, -0.2) is 0 Å². The Morgan fingerprint density at radius 2 is 1.86 bits per heavy atom. The predicted octanol–water partition coefficient (Wildman–Crippen LogP) is 4.79. The van der Waals surface area contributed by atoms with E-state index in [9.17, 15) is 14.4 Å². The van der Waals surface area contributed by atoms with E-state index in [0.29, 0.717) is 12.8 Å². The first-order valence-corrected chi connectivity index (χ1v) is 10.6. The van der Waals surface area contributed by atoms with Crippen LogP contribution in [0.25, 0.3) is 0 Å². The molecule has 2 aliphatic rings. The van der Waals surface area contributed by atoms with Gasteiger partial charge in [0, 0.05) is 38.5 Å².